The van der Waals surface area contributed by atoms with E-state index in [4.69, 9.17) is 5.84 Å². The van der Waals surface area contributed by atoms with Crippen LogP contribution in [0.15, 0.2) is 30.3 Å². The first kappa shape index (κ1) is 15.5. The van der Waals surface area contributed by atoms with Gasteiger partial charge < -0.3 is 4.90 Å². The number of benzene rings is 1. The highest BCUT2D eigenvalue weighted by atomic mass is 15.3. The maximum atomic E-state index is 5.78. The van der Waals surface area contributed by atoms with Crippen LogP contribution in [0.1, 0.15) is 29.9 Å². The molecule has 0 aliphatic carbocycles. The Morgan fingerprint density at radius 3 is 2.71 bits per heavy atom. The molecule has 5 heteroatoms. The summed E-state index contributed by atoms with van der Waals surface area (Å²) in [5.41, 5.74) is 7.54. The molecule has 0 spiro atoms. The summed E-state index contributed by atoms with van der Waals surface area (Å²) >= 11 is 0. The quantitative estimate of drug-likeness (QED) is 0.630. The van der Waals surface area contributed by atoms with Gasteiger partial charge in [0, 0.05) is 38.4 Å². The van der Waals surface area contributed by atoms with E-state index in [1.165, 1.54) is 16.9 Å². The van der Waals surface area contributed by atoms with E-state index in [1.807, 2.05) is 25.7 Å². The van der Waals surface area contributed by atoms with Gasteiger partial charge in [-0.15, -0.1) is 0 Å². The average Bonchev–Trinajstić information content (AvgIpc) is 2.84. The maximum absolute atomic E-state index is 5.78. The van der Waals surface area contributed by atoms with Crippen LogP contribution in [-0.4, -0.2) is 23.9 Å². The largest absolute Gasteiger partial charge is 0.378 e. The summed E-state index contributed by atoms with van der Waals surface area (Å²) in [6, 6.07) is 10.6. The maximum Gasteiger partial charge on any atom is 0.0596 e. The molecule has 0 amide bonds. The van der Waals surface area contributed by atoms with E-state index in [0.717, 1.165) is 18.7 Å². The Labute approximate surface area is 126 Å². The van der Waals surface area contributed by atoms with Crippen LogP contribution in [0.5, 0.6) is 0 Å². The van der Waals surface area contributed by atoms with Crippen LogP contribution in [0, 0.1) is 6.92 Å². The number of nitrogens with two attached hydrogens (primary N) is 1. The van der Waals surface area contributed by atoms with Crippen LogP contribution in [0.3, 0.4) is 0 Å². The average molecular weight is 287 g/mol. The molecule has 0 bridgehead atoms. The third kappa shape index (κ3) is 3.62. The Balaban J connectivity index is 2.25. The molecule has 0 radical (unpaired) electrons. The van der Waals surface area contributed by atoms with Crippen molar-refractivity contribution >= 4 is 5.69 Å². The molecule has 1 unspecified atom stereocenters. The molecule has 2 rings (SSSR count). The summed E-state index contributed by atoms with van der Waals surface area (Å²) in [6.07, 6.45) is 0.821. The number of nitrogens with one attached hydrogen (secondary N) is 1. The summed E-state index contributed by atoms with van der Waals surface area (Å²) in [5, 5.41) is 4.50. The van der Waals surface area contributed by atoms with E-state index < -0.39 is 0 Å². The predicted octanol–water partition coefficient (Wildman–Crippen LogP) is 2.02. The van der Waals surface area contributed by atoms with Gasteiger partial charge in [-0.3, -0.25) is 16.0 Å². The van der Waals surface area contributed by atoms with E-state index in [1.54, 1.807) is 0 Å². The zero-order valence-corrected chi connectivity index (χ0v) is 13.3. The monoisotopic (exact) mass is 287 g/mol. The molecule has 0 fully saturated rings. The highest BCUT2D eigenvalue weighted by Crippen LogP contribution is 2.22. The zero-order chi connectivity index (χ0) is 15.4. The molecule has 0 saturated heterocycles. The van der Waals surface area contributed by atoms with Crippen molar-refractivity contribution < 1.29 is 0 Å². The molecular formula is C16H25N5. The molecule has 1 heterocycles. The van der Waals surface area contributed by atoms with E-state index in [0.29, 0.717) is 0 Å². The van der Waals surface area contributed by atoms with E-state index >= 15 is 0 Å². The van der Waals surface area contributed by atoms with Gasteiger partial charge in [-0.05, 0) is 37.6 Å². The number of hydrogen-bond donors (Lipinski definition) is 2. The topological polar surface area (TPSA) is 59.1 Å². The molecule has 114 valence electrons. The van der Waals surface area contributed by atoms with Crippen molar-refractivity contribution in [3.63, 3.8) is 0 Å². The summed E-state index contributed by atoms with van der Waals surface area (Å²) in [4.78, 5) is 2.09. The Kier molecular flexibility index (Phi) is 4.98. The van der Waals surface area contributed by atoms with Crippen LogP contribution in [-0.2, 0) is 13.0 Å². The molecule has 0 aliphatic heterocycles. The molecule has 1 aromatic heterocycles. The third-order valence-electron chi connectivity index (χ3n) is 3.69. The second kappa shape index (κ2) is 6.74. The molecule has 3 N–H and O–H groups in total. The van der Waals surface area contributed by atoms with Gasteiger partial charge in [-0.25, -0.2) is 0 Å². The smallest absolute Gasteiger partial charge is 0.0596 e. The Bertz CT molecular complexity index is 588. The first-order valence-electron chi connectivity index (χ1n) is 7.32. The molecule has 2 aromatic rings. The van der Waals surface area contributed by atoms with Crippen molar-refractivity contribution in [2.75, 3.05) is 19.0 Å². The zero-order valence-electron chi connectivity index (χ0n) is 13.3. The van der Waals surface area contributed by atoms with Crippen molar-refractivity contribution in [1.29, 1.82) is 0 Å². The molecular weight excluding hydrogens is 262 g/mol. The molecule has 1 atom stereocenters. The van der Waals surface area contributed by atoms with Gasteiger partial charge in [-0.2, -0.15) is 5.10 Å². The van der Waals surface area contributed by atoms with Crippen LogP contribution in [0.2, 0.25) is 0 Å². The standard InChI is InChI=1S/C16H25N5/c1-5-21-15(9-12(2)19-21)11-16(18-17)13-7-6-8-14(10-13)20(3)4/h6-10,16,18H,5,11,17H2,1-4H3. The minimum atomic E-state index is 0.0753. The van der Waals surface area contributed by atoms with Gasteiger partial charge in [0.2, 0.25) is 0 Å². The molecule has 1 aromatic carbocycles. The number of rotatable bonds is 6. The molecule has 21 heavy (non-hydrogen) atoms. The SMILES string of the molecule is CCn1nc(C)cc1CC(NN)c1cccc(N(C)C)c1. The summed E-state index contributed by atoms with van der Waals surface area (Å²) < 4.78 is 2.04. The first-order chi connectivity index (χ1) is 10.0. The number of aromatic nitrogens is 2. The number of anilines is 1. The van der Waals surface area contributed by atoms with Crippen molar-refractivity contribution in [3.05, 3.63) is 47.3 Å². The lowest BCUT2D eigenvalue weighted by atomic mass is 10.0. The second-order valence-electron chi connectivity index (χ2n) is 5.51. The molecule has 5 nitrogen and oxygen atoms in total. The Hall–Kier alpha value is -1.85. The van der Waals surface area contributed by atoms with Crippen molar-refractivity contribution in [1.82, 2.24) is 15.2 Å². The molecule has 0 saturated carbocycles. The number of hydrogen-bond acceptors (Lipinski definition) is 4. The summed E-state index contributed by atoms with van der Waals surface area (Å²) in [7, 11) is 4.08. The van der Waals surface area contributed by atoms with Crippen molar-refractivity contribution in [2.45, 2.75) is 32.9 Å². The summed E-state index contributed by atoms with van der Waals surface area (Å²) in [5.74, 6) is 5.78. The Morgan fingerprint density at radius 1 is 1.33 bits per heavy atom. The van der Waals surface area contributed by atoms with E-state index in [2.05, 4.69) is 52.7 Å². The predicted molar refractivity (Wildman–Crippen MR) is 87.2 cm³/mol. The lowest BCUT2D eigenvalue weighted by Crippen LogP contribution is -2.30. The summed E-state index contributed by atoms with van der Waals surface area (Å²) in [6.45, 7) is 5.00. The van der Waals surface area contributed by atoms with Crippen LogP contribution in [0.4, 0.5) is 5.69 Å². The minimum Gasteiger partial charge on any atom is -0.378 e. The fourth-order valence-corrected chi connectivity index (χ4v) is 2.54. The van der Waals surface area contributed by atoms with Gasteiger partial charge in [0.15, 0.2) is 0 Å². The van der Waals surface area contributed by atoms with Crippen LogP contribution < -0.4 is 16.2 Å². The van der Waals surface area contributed by atoms with Gasteiger partial charge >= 0.3 is 0 Å². The lowest BCUT2D eigenvalue weighted by Gasteiger charge is -2.20. The van der Waals surface area contributed by atoms with Crippen molar-refractivity contribution in [3.8, 4) is 0 Å². The number of hydrazine groups is 1. The fourth-order valence-electron chi connectivity index (χ4n) is 2.54. The van der Waals surface area contributed by atoms with Gasteiger partial charge in [-0.1, -0.05) is 12.1 Å². The van der Waals surface area contributed by atoms with Gasteiger partial charge in [0.05, 0.1) is 11.7 Å². The minimum absolute atomic E-state index is 0.0753. The number of aryl methyl sites for hydroxylation is 2. The molecule has 0 aliphatic rings. The fraction of sp³-hybridized carbons (Fsp3) is 0.438. The van der Waals surface area contributed by atoms with E-state index in [-0.39, 0.29) is 6.04 Å². The second-order valence-corrected chi connectivity index (χ2v) is 5.51. The third-order valence-corrected chi connectivity index (χ3v) is 3.69. The number of nitrogens with zero attached hydrogens (tertiary/aromatic N) is 3. The van der Waals surface area contributed by atoms with Gasteiger partial charge in [0.25, 0.3) is 0 Å². The first-order valence-corrected chi connectivity index (χ1v) is 7.32. The highest BCUT2D eigenvalue weighted by Gasteiger charge is 2.15. The lowest BCUT2D eigenvalue weighted by molar-refractivity contribution is 0.517. The van der Waals surface area contributed by atoms with Crippen LogP contribution in [0.25, 0.3) is 0 Å². The highest BCUT2D eigenvalue weighted by molar-refractivity contribution is 5.48. The van der Waals surface area contributed by atoms with E-state index in [9.17, 15) is 0 Å². The Morgan fingerprint density at radius 2 is 2.10 bits per heavy atom. The normalized spacial score (nSPS) is 12.4. The van der Waals surface area contributed by atoms with Gasteiger partial charge in [0.1, 0.15) is 0 Å². The van der Waals surface area contributed by atoms with Crippen LogP contribution >= 0.6 is 0 Å². The van der Waals surface area contributed by atoms with Crippen molar-refractivity contribution in [2.24, 2.45) is 5.84 Å².